The minimum atomic E-state index is -0.141. The molecule has 0 fully saturated rings. The molecular weight excluding hydrogens is 470 g/mol. The van der Waals surface area contributed by atoms with Crippen molar-refractivity contribution in [2.75, 3.05) is 20.1 Å². The molecule has 2 amide bonds. The Hall–Kier alpha value is -3.19. The zero-order chi connectivity index (χ0) is 25.8. The van der Waals surface area contributed by atoms with E-state index in [1.807, 2.05) is 17.9 Å². The highest BCUT2D eigenvalue weighted by Gasteiger charge is 2.32. The predicted molar refractivity (Wildman–Crippen MR) is 143 cm³/mol. The van der Waals surface area contributed by atoms with Crippen LogP contribution in [0.5, 0.6) is 5.75 Å². The molecule has 0 radical (unpaired) electrons. The molecule has 4 rings (SSSR count). The summed E-state index contributed by atoms with van der Waals surface area (Å²) in [6, 6.07) is 14.5. The van der Waals surface area contributed by atoms with Crippen LogP contribution in [-0.4, -0.2) is 46.7 Å². The largest absolute Gasteiger partial charge is 0.486 e. The highest BCUT2D eigenvalue weighted by atomic mass is 32.1. The number of ether oxygens (including phenoxy) is 1. The Morgan fingerprint density at radius 2 is 1.94 bits per heavy atom. The Balaban J connectivity index is 1.59. The SMILES string of the molecule is CCN(C)C(=O)c1csc(COc2ccc3c(c2)C(c2ccc(C)cc2)N(C(=O)CC(C)C)CC3)n1. The van der Waals surface area contributed by atoms with E-state index < -0.39 is 0 Å². The van der Waals surface area contributed by atoms with E-state index in [9.17, 15) is 9.59 Å². The van der Waals surface area contributed by atoms with Crippen LogP contribution in [0.3, 0.4) is 0 Å². The molecule has 0 saturated carbocycles. The molecule has 190 valence electrons. The lowest BCUT2D eigenvalue weighted by Gasteiger charge is -2.38. The quantitative estimate of drug-likeness (QED) is 0.397. The van der Waals surface area contributed by atoms with Gasteiger partial charge in [0.05, 0.1) is 6.04 Å². The Morgan fingerprint density at radius 1 is 1.19 bits per heavy atom. The second kappa shape index (κ2) is 11.2. The van der Waals surface area contributed by atoms with Gasteiger partial charge in [-0.3, -0.25) is 9.59 Å². The molecule has 1 aliphatic heterocycles. The number of aryl methyl sites for hydroxylation is 1. The van der Waals surface area contributed by atoms with Gasteiger partial charge in [0.2, 0.25) is 5.91 Å². The number of nitrogens with zero attached hydrogens (tertiary/aromatic N) is 3. The average Bonchev–Trinajstić information content (AvgIpc) is 3.35. The third-order valence-corrected chi connectivity index (χ3v) is 7.42. The molecule has 2 aromatic carbocycles. The normalized spacial score (nSPS) is 15.1. The molecular formula is C29H35N3O3S. The number of benzene rings is 2. The van der Waals surface area contributed by atoms with Crippen LogP contribution in [0.15, 0.2) is 47.8 Å². The topological polar surface area (TPSA) is 62.7 Å². The predicted octanol–water partition coefficient (Wildman–Crippen LogP) is 5.64. The average molecular weight is 506 g/mol. The van der Waals surface area contributed by atoms with Gasteiger partial charge < -0.3 is 14.5 Å². The van der Waals surface area contributed by atoms with E-state index in [1.165, 1.54) is 22.5 Å². The van der Waals surface area contributed by atoms with Gasteiger partial charge in [0, 0.05) is 31.9 Å². The van der Waals surface area contributed by atoms with E-state index in [0.717, 1.165) is 28.3 Å². The lowest BCUT2D eigenvalue weighted by atomic mass is 9.87. The maximum Gasteiger partial charge on any atom is 0.273 e. The van der Waals surface area contributed by atoms with Crippen molar-refractivity contribution in [3.8, 4) is 5.75 Å². The molecule has 1 unspecified atom stereocenters. The Kier molecular flexibility index (Phi) is 8.09. The number of thiazole rings is 1. The number of hydrogen-bond donors (Lipinski definition) is 0. The summed E-state index contributed by atoms with van der Waals surface area (Å²) in [5.74, 6) is 1.14. The van der Waals surface area contributed by atoms with Gasteiger partial charge in [-0.15, -0.1) is 11.3 Å². The van der Waals surface area contributed by atoms with Gasteiger partial charge in [-0.1, -0.05) is 49.7 Å². The van der Waals surface area contributed by atoms with Crippen molar-refractivity contribution in [2.24, 2.45) is 5.92 Å². The van der Waals surface area contributed by atoms with Crippen LogP contribution in [0.4, 0.5) is 0 Å². The molecule has 0 bridgehead atoms. The third kappa shape index (κ3) is 5.78. The molecule has 1 aliphatic rings. The molecule has 2 heterocycles. The number of fused-ring (bicyclic) bond motifs is 1. The van der Waals surface area contributed by atoms with E-state index in [2.05, 4.69) is 62.2 Å². The van der Waals surface area contributed by atoms with E-state index in [1.54, 1.807) is 17.3 Å². The first-order valence-electron chi connectivity index (χ1n) is 12.6. The summed E-state index contributed by atoms with van der Waals surface area (Å²) in [7, 11) is 1.77. The second-order valence-electron chi connectivity index (χ2n) is 9.84. The van der Waals surface area contributed by atoms with Crippen LogP contribution in [0.2, 0.25) is 0 Å². The summed E-state index contributed by atoms with van der Waals surface area (Å²) in [4.78, 5) is 33.7. The number of rotatable bonds is 8. The first-order valence-corrected chi connectivity index (χ1v) is 13.5. The smallest absolute Gasteiger partial charge is 0.273 e. The lowest BCUT2D eigenvalue weighted by Crippen LogP contribution is -2.41. The molecule has 3 aromatic rings. The highest BCUT2D eigenvalue weighted by Crippen LogP contribution is 2.38. The Labute approximate surface area is 217 Å². The van der Waals surface area contributed by atoms with Crippen LogP contribution in [0.1, 0.15) is 71.0 Å². The third-order valence-electron chi connectivity index (χ3n) is 6.60. The lowest BCUT2D eigenvalue weighted by molar-refractivity contribution is -0.134. The maximum atomic E-state index is 13.2. The Morgan fingerprint density at radius 3 is 2.64 bits per heavy atom. The maximum absolute atomic E-state index is 13.2. The van der Waals surface area contributed by atoms with Gasteiger partial charge in [-0.05, 0) is 55.0 Å². The monoisotopic (exact) mass is 505 g/mol. The van der Waals surface area contributed by atoms with Gasteiger partial charge >= 0.3 is 0 Å². The first kappa shape index (κ1) is 25.9. The molecule has 0 spiro atoms. The van der Waals surface area contributed by atoms with Crippen molar-refractivity contribution in [1.29, 1.82) is 0 Å². The first-order chi connectivity index (χ1) is 17.3. The van der Waals surface area contributed by atoms with Gasteiger partial charge in [-0.2, -0.15) is 0 Å². The van der Waals surface area contributed by atoms with Crippen LogP contribution in [0, 0.1) is 12.8 Å². The summed E-state index contributed by atoms with van der Waals surface area (Å²) in [5.41, 5.74) is 5.11. The second-order valence-corrected chi connectivity index (χ2v) is 10.8. The van der Waals surface area contributed by atoms with Crippen molar-refractivity contribution < 1.29 is 14.3 Å². The molecule has 0 aliphatic carbocycles. The van der Waals surface area contributed by atoms with Crippen LogP contribution >= 0.6 is 11.3 Å². The van der Waals surface area contributed by atoms with Crippen molar-refractivity contribution >= 4 is 23.2 Å². The number of aromatic nitrogens is 1. The number of hydrogen-bond acceptors (Lipinski definition) is 5. The summed E-state index contributed by atoms with van der Waals surface area (Å²) in [5, 5.41) is 2.54. The van der Waals surface area contributed by atoms with Gasteiger partial charge in [0.15, 0.2) is 0 Å². The Bertz CT molecular complexity index is 1220. The molecule has 0 N–H and O–H groups in total. The van der Waals surface area contributed by atoms with Crippen LogP contribution in [0.25, 0.3) is 0 Å². The minimum Gasteiger partial charge on any atom is -0.486 e. The molecule has 7 heteroatoms. The molecule has 1 atom stereocenters. The van der Waals surface area contributed by atoms with Gasteiger partial charge in [0.1, 0.15) is 23.1 Å². The highest BCUT2D eigenvalue weighted by molar-refractivity contribution is 7.09. The van der Waals surface area contributed by atoms with Gasteiger partial charge in [0.25, 0.3) is 5.91 Å². The molecule has 36 heavy (non-hydrogen) atoms. The minimum absolute atomic E-state index is 0.0825. The van der Waals surface area contributed by atoms with E-state index in [0.29, 0.717) is 31.1 Å². The van der Waals surface area contributed by atoms with Gasteiger partial charge in [-0.25, -0.2) is 4.98 Å². The molecule has 0 saturated heterocycles. The summed E-state index contributed by atoms with van der Waals surface area (Å²) in [6.07, 6.45) is 1.36. The number of carbonyl (C=O) groups is 2. The fourth-order valence-electron chi connectivity index (χ4n) is 4.49. The zero-order valence-electron chi connectivity index (χ0n) is 21.8. The van der Waals surface area contributed by atoms with E-state index >= 15 is 0 Å². The van der Waals surface area contributed by atoms with Crippen molar-refractivity contribution in [1.82, 2.24) is 14.8 Å². The number of carbonyl (C=O) groups excluding carboxylic acids is 2. The van der Waals surface area contributed by atoms with Crippen molar-refractivity contribution in [2.45, 2.75) is 53.2 Å². The summed E-state index contributed by atoms with van der Waals surface area (Å²) < 4.78 is 6.12. The fraction of sp³-hybridized carbons (Fsp3) is 0.414. The fourth-order valence-corrected chi connectivity index (χ4v) is 5.17. The number of amides is 2. The van der Waals surface area contributed by atoms with Crippen molar-refractivity contribution in [3.63, 3.8) is 0 Å². The van der Waals surface area contributed by atoms with E-state index in [-0.39, 0.29) is 24.5 Å². The van der Waals surface area contributed by atoms with Crippen molar-refractivity contribution in [3.05, 3.63) is 80.8 Å². The summed E-state index contributed by atoms with van der Waals surface area (Å²) >= 11 is 1.43. The van der Waals surface area contributed by atoms with Crippen LogP contribution in [-0.2, 0) is 17.8 Å². The van der Waals surface area contributed by atoms with E-state index in [4.69, 9.17) is 4.74 Å². The molecule has 6 nitrogen and oxygen atoms in total. The zero-order valence-corrected chi connectivity index (χ0v) is 22.6. The van der Waals surface area contributed by atoms with Crippen LogP contribution < -0.4 is 4.74 Å². The molecule has 1 aromatic heterocycles. The summed E-state index contributed by atoms with van der Waals surface area (Å²) in [6.45, 7) is 9.81. The standard InChI is InChI=1S/C29H35N3O3S/c1-6-31(5)29(34)25-18-36-26(30-25)17-35-23-12-11-21-13-14-32(27(33)15-19(2)3)28(24(21)16-23)22-9-7-20(4)8-10-22/h7-12,16,18-19,28H,6,13-15,17H2,1-5H3.